The van der Waals surface area contributed by atoms with Crippen molar-refractivity contribution in [3.05, 3.63) is 95.8 Å². The monoisotopic (exact) mass is 402 g/mol. The van der Waals surface area contributed by atoms with Crippen molar-refractivity contribution < 1.29 is 13.9 Å². The van der Waals surface area contributed by atoms with Crippen LogP contribution in [0.4, 0.5) is 10.1 Å². The minimum atomic E-state index is -0.292. The summed E-state index contributed by atoms with van der Waals surface area (Å²) in [5.41, 5.74) is 3.57. The van der Waals surface area contributed by atoms with E-state index in [4.69, 9.17) is 14.6 Å². The topological polar surface area (TPSA) is 34.1 Å². The zero-order chi connectivity index (χ0) is 20.9. The predicted octanol–water partition coefficient (Wildman–Crippen LogP) is 5.86. The summed E-state index contributed by atoms with van der Waals surface area (Å²) in [6.07, 6.45) is 4.65. The van der Waals surface area contributed by atoms with Gasteiger partial charge in [0.1, 0.15) is 17.3 Å². The summed E-state index contributed by atoms with van der Waals surface area (Å²) < 4.78 is 24.9. The van der Waals surface area contributed by atoms with E-state index in [1.807, 2.05) is 71.8 Å². The van der Waals surface area contributed by atoms with E-state index in [0.29, 0.717) is 12.1 Å². The van der Waals surface area contributed by atoms with E-state index in [2.05, 4.69) is 0 Å². The summed E-state index contributed by atoms with van der Waals surface area (Å²) in [6.45, 7) is 0. The highest BCUT2D eigenvalue weighted by molar-refractivity contribution is 6.01. The van der Waals surface area contributed by atoms with Gasteiger partial charge in [-0.3, -0.25) is 5.01 Å². The van der Waals surface area contributed by atoms with Crippen LogP contribution in [0.2, 0.25) is 0 Å². The molecule has 0 spiro atoms. The Bertz CT molecular complexity index is 1090. The van der Waals surface area contributed by atoms with Crippen LogP contribution in [0.5, 0.6) is 11.5 Å². The van der Waals surface area contributed by atoms with Gasteiger partial charge in [-0.2, -0.15) is 5.10 Å². The van der Waals surface area contributed by atoms with Crippen LogP contribution >= 0.6 is 0 Å². The van der Waals surface area contributed by atoms with Crippen molar-refractivity contribution in [3.8, 4) is 11.5 Å². The minimum Gasteiger partial charge on any atom is -0.496 e. The Balaban J connectivity index is 1.71. The smallest absolute Gasteiger partial charge is 0.126 e. The number of benzene rings is 3. The lowest BCUT2D eigenvalue weighted by Crippen LogP contribution is -2.19. The third-order valence-electron chi connectivity index (χ3n) is 5.10. The molecule has 1 aliphatic rings. The molecule has 1 aliphatic heterocycles. The molecule has 0 bridgehead atoms. The first-order valence-corrected chi connectivity index (χ1v) is 9.76. The van der Waals surface area contributed by atoms with Crippen molar-refractivity contribution in [2.75, 3.05) is 19.2 Å². The van der Waals surface area contributed by atoms with Gasteiger partial charge in [0, 0.05) is 17.5 Å². The number of nitrogens with zero attached hydrogens (tertiary/aromatic N) is 2. The third kappa shape index (κ3) is 4.06. The van der Waals surface area contributed by atoms with E-state index < -0.39 is 0 Å². The molecule has 4 rings (SSSR count). The Hall–Kier alpha value is -3.60. The molecule has 3 aromatic carbocycles. The van der Waals surface area contributed by atoms with Gasteiger partial charge >= 0.3 is 0 Å². The zero-order valence-electron chi connectivity index (χ0n) is 17.0. The number of hydrogen-bond donors (Lipinski definition) is 0. The normalized spacial score (nSPS) is 16.0. The fraction of sp³-hybridized carbons (Fsp3) is 0.160. The highest BCUT2D eigenvalue weighted by Gasteiger charge is 2.30. The predicted molar refractivity (Wildman–Crippen MR) is 119 cm³/mol. The number of hydrogen-bond acceptors (Lipinski definition) is 4. The van der Waals surface area contributed by atoms with Crippen molar-refractivity contribution in [1.29, 1.82) is 0 Å². The second-order valence-electron chi connectivity index (χ2n) is 6.95. The Labute approximate surface area is 175 Å². The lowest BCUT2D eigenvalue weighted by Gasteiger charge is -2.25. The summed E-state index contributed by atoms with van der Waals surface area (Å²) in [5, 5.41) is 6.67. The van der Waals surface area contributed by atoms with Crippen LogP contribution in [-0.4, -0.2) is 19.9 Å². The number of halogens is 1. The highest BCUT2D eigenvalue weighted by Crippen LogP contribution is 2.39. The van der Waals surface area contributed by atoms with Gasteiger partial charge in [0.2, 0.25) is 0 Å². The Kier molecular flexibility index (Phi) is 5.80. The summed E-state index contributed by atoms with van der Waals surface area (Å²) in [5.74, 6) is 1.30. The average molecular weight is 402 g/mol. The molecule has 1 heterocycles. The number of hydrazone groups is 1. The van der Waals surface area contributed by atoms with E-state index in [-0.39, 0.29) is 11.9 Å². The molecule has 0 saturated heterocycles. The third-order valence-corrected chi connectivity index (χ3v) is 5.10. The minimum absolute atomic E-state index is 0.0970. The molecule has 3 aromatic rings. The van der Waals surface area contributed by atoms with Crippen molar-refractivity contribution in [2.45, 2.75) is 12.5 Å². The Morgan fingerprint density at radius 1 is 0.900 bits per heavy atom. The first kappa shape index (κ1) is 19.7. The van der Waals surface area contributed by atoms with Crippen molar-refractivity contribution in [1.82, 2.24) is 0 Å². The standard InChI is InChI=1S/C25H23FN2O2/c1-29-24-12-5-3-8-18(24)14-15-20-17-23(22-11-4-6-13-25(22)30-2)28(27-20)21-10-7-9-19(26)16-21/h3-16,23H,17H2,1-2H3/t23-/m0/s1. The molecular weight excluding hydrogens is 379 g/mol. The van der Waals surface area contributed by atoms with E-state index >= 15 is 0 Å². The first-order valence-electron chi connectivity index (χ1n) is 9.76. The van der Waals surface area contributed by atoms with Gasteiger partial charge in [0.25, 0.3) is 0 Å². The summed E-state index contributed by atoms with van der Waals surface area (Å²) in [4.78, 5) is 0. The van der Waals surface area contributed by atoms with Gasteiger partial charge in [0.05, 0.1) is 31.7 Å². The summed E-state index contributed by atoms with van der Waals surface area (Å²) >= 11 is 0. The maximum atomic E-state index is 13.9. The molecule has 0 fully saturated rings. The molecule has 0 N–H and O–H groups in total. The molecule has 30 heavy (non-hydrogen) atoms. The van der Waals surface area contributed by atoms with Gasteiger partial charge in [0.15, 0.2) is 0 Å². The average Bonchev–Trinajstić information content (AvgIpc) is 3.22. The van der Waals surface area contributed by atoms with E-state index in [9.17, 15) is 4.39 Å². The number of rotatable bonds is 6. The molecule has 152 valence electrons. The molecule has 5 heteroatoms. The van der Waals surface area contributed by atoms with E-state index in [0.717, 1.165) is 28.3 Å². The maximum Gasteiger partial charge on any atom is 0.126 e. The molecule has 0 radical (unpaired) electrons. The maximum absolute atomic E-state index is 13.9. The number of ether oxygens (including phenoxy) is 2. The second-order valence-corrected chi connectivity index (χ2v) is 6.95. The Morgan fingerprint density at radius 3 is 2.40 bits per heavy atom. The van der Waals surface area contributed by atoms with Crippen LogP contribution in [0.25, 0.3) is 6.08 Å². The van der Waals surface area contributed by atoms with Crippen LogP contribution in [0.3, 0.4) is 0 Å². The van der Waals surface area contributed by atoms with Gasteiger partial charge in [-0.15, -0.1) is 0 Å². The number of anilines is 1. The highest BCUT2D eigenvalue weighted by atomic mass is 19.1. The second kappa shape index (κ2) is 8.82. The van der Waals surface area contributed by atoms with Crippen LogP contribution in [-0.2, 0) is 0 Å². The lowest BCUT2D eigenvalue weighted by molar-refractivity contribution is 0.405. The molecular formula is C25H23FN2O2. The van der Waals surface area contributed by atoms with Crippen molar-refractivity contribution >= 4 is 17.5 Å². The zero-order valence-corrected chi connectivity index (χ0v) is 17.0. The SMILES string of the molecule is COc1ccccc1C=CC1=NN(c2cccc(F)c2)[C@H](c2ccccc2OC)C1. The lowest BCUT2D eigenvalue weighted by atomic mass is 9.99. The first-order chi connectivity index (χ1) is 14.7. The van der Waals surface area contributed by atoms with Gasteiger partial charge < -0.3 is 9.47 Å². The fourth-order valence-electron chi connectivity index (χ4n) is 3.66. The molecule has 1 atom stereocenters. The molecule has 0 saturated carbocycles. The van der Waals surface area contributed by atoms with Crippen LogP contribution in [0.15, 0.2) is 84.0 Å². The summed E-state index contributed by atoms with van der Waals surface area (Å²) in [7, 11) is 3.31. The van der Waals surface area contributed by atoms with Gasteiger partial charge in [-0.1, -0.05) is 42.5 Å². The van der Waals surface area contributed by atoms with Gasteiger partial charge in [-0.05, 0) is 42.5 Å². The van der Waals surface area contributed by atoms with Crippen molar-refractivity contribution in [3.63, 3.8) is 0 Å². The molecule has 0 aromatic heterocycles. The van der Waals surface area contributed by atoms with E-state index in [1.54, 1.807) is 20.3 Å². The number of methoxy groups -OCH3 is 2. The van der Waals surface area contributed by atoms with Crippen LogP contribution in [0.1, 0.15) is 23.6 Å². The van der Waals surface area contributed by atoms with Gasteiger partial charge in [-0.25, -0.2) is 4.39 Å². The molecule has 0 aliphatic carbocycles. The van der Waals surface area contributed by atoms with Crippen LogP contribution < -0.4 is 14.5 Å². The molecule has 0 unspecified atom stereocenters. The molecule has 0 amide bonds. The Morgan fingerprint density at radius 2 is 1.63 bits per heavy atom. The van der Waals surface area contributed by atoms with E-state index in [1.165, 1.54) is 12.1 Å². The van der Waals surface area contributed by atoms with Crippen molar-refractivity contribution in [2.24, 2.45) is 5.10 Å². The summed E-state index contributed by atoms with van der Waals surface area (Å²) in [6, 6.07) is 22.1. The number of para-hydroxylation sites is 2. The van der Waals surface area contributed by atoms with Crippen LogP contribution in [0, 0.1) is 5.82 Å². The molecule has 4 nitrogen and oxygen atoms in total. The largest absolute Gasteiger partial charge is 0.496 e. The fourth-order valence-corrected chi connectivity index (χ4v) is 3.66. The number of allylic oxidation sites excluding steroid dienone is 1. The quantitative estimate of drug-likeness (QED) is 0.518.